The van der Waals surface area contributed by atoms with Gasteiger partial charge in [-0.05, 0) is 80.1 Å². The maximum atomic E-state index is 13.2. The average Bonchev–Trinajstić information content (AvgIpc) is 2.74. The zero-order valence-corrected chi connectivity index (χ0v) is 19.2. The zero-order valence-electron chi connectivity index (χ0n) is 18.4. The van der Waals surface area contributed by atoms with Crippen LogP contribution in [0.25, 0.3) is 0 Å². The van der Waals surface area contributed by atoms with Gasteiger partial charge in [0, 0.05) is 19.6 Å². The fourth-order valence-electron chi connectivity index (χ4n) is 4.09. The molecule has 0 amide bonds. The Bertz CT molecular complexity index is 942. The van der Waals surface area contributed by atoms with E-state index in [0.29, 0.717) is 45.6 Å². The van der Waals surface area contributed by atoms with Gasteiger partial charge >= 0.3 is 6.18 Å². The van der Waals surface area contributed by atoms with E-state index in [0.717, 1.165) is 29.4 Å². The van der Waals surface area contributed by atoms with Crippen molar-refractivity contribution < 1.29 is 23.0 Å². The summed E-state index contributed by atoms with van der Waals surface area (Å²) in [6, 6.07) is 7.71. The molecule has 1 aliphatic heterocycles. The summed E-state index contributed by atoms with van der Waals surface area (Å²) >= 11 is 5.73. The summed E-state index contributed by atoms with van der Waals surface area (Å²) in [6.07, 6.45) is -3.05. The van der Waals surface area contributed by atoms with E-state index in [9.17, 15) is 18.3 Å². The molecule has 0 bridgehead atoms. The number of likely N-dealkylation sites (tertiary alicyclic amines) is 1. The molecular weight excluding hydrogens is 441 g/mol. The van der Waals surface area contributed by atoms with Crippen LogP contribution in [-0.4, -0.2) is 36.2 Å². The monoisotopic (exact) mass is 470 g/mol. The van der Waals surface area contributed by atoms with E-state index in [2.05, 4.69) is 17.9 Å². The summed E-state index contributed by atoms with van der Waals surface area (Å²) in [5, 5.41) is 10.7. The predicted molar refractivity (Wildman–Crippen MR) is 120 cm³/mol. The highest BCUT2D eigenvalue weighted by Gasteiger charge is 2.38. The molecule has 32 heavy (non-hydrogen) atoms. The topological polar surface area (TPSA) is 58.7 Å². The second-order valence-electron chi connectivity index (χ2n) is 8.46. The molecule has 0 aromatic heterocycles. The quantitative estimate of drug-likeness (QED) is 0.547. The number of nitrogens with two attached hydrogens (primary N) is 1. The van der Waals surface area contributed by atoms with E-state index in [1.165, 1.54) is 17.7 Å². The molecule has 1 aliphatic rings. The van der Waals surface area contributed by atoms with Crippen LogP contribution in [0.1, 0.15) is 47.1 Å². The highest BCUT2D eigenvalue weighted by molar-refractivity contribution is 6.31. The lowest BCUT2D eigenvalue weighted by Crippen LogP contribution is -2.42. The van der Waals surface area contributed by atoms with E-state index in [-0.39, 0.29) is 10.6 Å². The van der Waals surface area contributed by atoms with Crippen LogP contribution in [0.2, 0.25) is 5.02 Å². The van der Waals surface area contributed by atoms with E-state index in [4.69, 9.17) is 22.1 Å². The summed E-state index contributed by atoms with van der Waals surface area (Å²) in [7, 11) is 0. The number of ether oxygens (including phenoxy) is 1. The molecule has 176 valence electrons. The highest BCUT2D eigenvalue weighted by Crippen LogP contribution is 2.40. The molecule has 0 atom stereocenters. The predicted octanol–water partition coefficient (Wildman–Crippen LogP) is 5.19. The molecule has 3 N–H and O–H groups in total. The lowest BCUT2D eigenvalue weighted by molar-refractivity contribution is -0.137. The molecule has 0 unspecified atom stereocenters. The molecule has 1 heterocycles. The second-order valence-corrected chi connectivity index (χ2v) is 8.87. The molecule has 0 aliphatic carbocycles. The summed E-state index contributed by atoms with van der Waals surface area (Å²) in [4.78, 5) is 2.21. The van der Waals surface area contributed by atoms with E-state index in [1.807, 2.05) is 13.0 Å². The number of rotatable bonds is 7. The molecule has 1 saturated heterocycles. The Morgan fingerprint density at radius 3 is 2.44 bits per heavy atom. The zero-order chi connectivity index (χ0) is 23.5. The summed E-state index contributed by atoms with van der Waals surface area (Å²) in [5.41, 5.74) is 6.99. The molecule has 0 spiro atoms. The molecule has 3 rings (SSSR count). The average molecular weight is 471 g/mol. The van der Waals surface area contributed by atoms with E-state index < -0.39 is 17.3 Å². The van der Waals surface area contributed by atoms with Crippen molar-refractivity contribution in [1.82, 2.24) is 4.90 Å². The third-order valence-corrected chi connectivity index (χ3v) is 6.67. The number of halogens is 4. The first kappa shape index (κ1) is 24.8. The second kappa shape index (κ2) is 10.00. The number of hydrogen-bond donors (Lipinski definition) is 2. The first-order valence-electron chi connectivity index (χ1n) is 10.8. The summed E-state index contributed by atoms with van der Waals surface area (Å²) in [5.74, 6) is 0.857. The van der Waals surface area contributed by atoms with Crippen LogP contribution >= 0.6 is 11.6 Å². The SMILES string of the molecule is Cc1c(CN2CCC(O)(c3ccc(Cl)c(C(F)(F)F)c3)CC2)ccc(OCCCN)c1C. The number of nitrogens with zero attached hydrogens (tertiary/aromatic N) is 1. The standard InChI is InChI=1S/C24H30ClF3N2O2/c1-16-17(2)22(32-13-3-10-29)7-4-18(16)15-30-11-8-23(31,9-12-30)19-5-6-21(25)20(14-19)24(26,27)28/h4-7,14,31H,3,8-13,15,29H2,1-2H3. The van der Waals surface area contributed by atoms with Gasteiger partial charge in [0.05, 0.1) is 22.8 Å². The maximum Gasteiger partial charge on any atom is 0.417 e. The number of alkyl halides is 3. The Morgan fingerprint density at radius 1 is 1.12 bits per heavy atom. The minimum absolute atomic E-state index is 0.264. The molecule has 2 aromatic carbocycles. The number of aliphatic hydroxyl groups is 1. The first-order chi connectivity index (χ1) is 15.0. The van der Waals surface area contributed by atoms with E-state index >= 15 is 0 Å². The van der Waals surface area contributed by atoms with Gasteiger partial charge in [0.15, 0.2) is 0 Å². The van der Waals surface area contributed by atoms with Gasteiger partial charge in [-0.2, -0.15) is 13.2 Å². The van der Waals surface area contributed by atoms with Gasteiger partial charge in [-0.15, -0.1) is 0 Å². The van der Waals surface area contributed by atoms with Crippen LogP contribution in [0.4, 0.5) is 13.2 Å². The maximum absolute atomic E-state index is 13.2. The lowest BCUT2D eigenvalue weighted by atomic mass is 9.83. The van der Waals surface area contributed by atoms with Crippen LogP contribution in [0.3, 0.4) is 0 Å². The number of hydrogen-bond acceptors (Lipinski definition) is 4. The van der Waals surface area contributed by atoms with Gasteiger partial charge in [0.2, 0.25) is 0 Å². The van der Waals surface area contributed by atoms with Crippen LogP contribution in [0, 0.1) is 13.8 Å². The van der Waals surface area contributed by atoms with Crippen LogP contribution in [0.5, 0.6) is 5.75 Å². The van der Waals surface area contributed by atoms with Crippen molar-refractivity contribution in [3.63, 3.8) is 0 Å². The first-order valence-corrected chi connectivity index (χ1v) is 11.2. The Morgan fingerprint density at radius 2 is 1.81 bits per heavy atom. The number of benzene rings is 2. The molecule has 1 fully saturated rings. The van der Waals surface area contributed by atoms with Gasteiger partial charge in [-0.1, -0.05) is 23.7 Å². The largest absolute Gasteiger partial charge is 0.493 e. The van der Waals surface area contributed by atoms with Crippen molar-refractivity contribution >= 4 is 11.6 Å². The van der Waals surface area contributed by atoms with Gasteiger partial charge in [0.25, 0.3) is 0 Å². The van der Waals surface area contributed by atoms with Crippen molar-refractivity contribution in [2.45, 2.75) is 51.4 Å². The fraction of sp³-hybridized carbons (Fsp3) is 0.500. The molecule has 4 nitrogen and oxygen atoms in total. The smallest absolute Gasteiger partial charge is 0.417 e. The van der Waals surface area contributed by atoms with Crippen molar-refractivity contribution in [1.29, 1.82) is 0 Å². The molecule has 0 saturated carbocycles. The van der Waals surface area contributed by atoms with Crippen molar-refractivity contribution in [2.75, 3.05) is 26.2 Å². The molecule has 2 aromatic rings. The Labute approximate surface area is 192 Å². The number of piperidine rings is 1. The van der Waals surface area contributed by atoms with Gasteiger partial charge in [0.1, 0.15) is 5.75 Å². The van der Waals surface area contributed by atoms with Crippen LogP contribution < -0.4 is 10.5 Å². The normalized spacial score (nSPS) is 16.9. The van der Waals surface area contributed by atoms with Gasteiger partial charge in [-0.25, -0.2) is 0 Å². The third-order valence-electron chi connectivity index (χ3n) is 6.34. The minimum atomic E-state index is -4.56. The van der Waals surface area contributed by atoms with E-state index in [1.54, 1.807) is 0 Å². The molecular formula is C24H30ClF3N2O2. The van der Waals surface area contributed by atoms with Crippen molar-refractivity contribution in [3.8, 4) is 5.75 Å². The summed E-state index contributed by atoms with van der Waals surface area (Å²) < 4.78 is 45.5. The molecule has 8 heteroatoms. The Kier molecular flexibility index (Phi) is 7.76. The van der Waals surface area contributed by atoms with Gasteiger partial charge < -0.3 is 15.6 Å². The molecule has 0 radical (unpaired) electrons. The van der Waals surface area contributed by atoms with Gasteiger partial charge in [-0.3, -0.25) is 4.90 Å². The Hall–Kier alpha value is -1.80. The minimum Gasteiger partial charge on any atom is -0.493 e. The van der Waals surface area contributed by atoms with Crippen LogP contribution in [-0.2, 0) is 18.3 Å². The highest BCUT2D eigenvalue weighted by atomic mass is 35.5. The lowest BCUT2D eigenvalue weighted by Gasteiger charge is -2.39. The fourth-order valence-corrected chi connectivity index (χ4v) is 4.31. The Balaban J connectivity index is 1.67. The summed E-state index contributed by atoms with van der Waals surface area (Å²) in [6.45, 7) is 7.13. The van der Waals surface area contributed by atoms with Crippen molar-refractivity contribution in [2.24, 2.45) is 5.73 Å². The third kappa shape index (κ3) is 5.57. The van der Waals surface area contributed by atoms with Crippen molar-refractivity contribution in [3.05, 3.63) is 63.2 Å². The van der Waals surface area contributed by atoms with Crippen LogP contribution in [0.15, 0.2) is 30.3 Å².